The molecule has 0 unspecified atom stereocenters. The van der Waals surface area contributed by atoms with Crippen molar-refractivity contribution < 1.29 is 0 Å². The van der Waals surface area contributed by atoms with Gasteiger partial charge in [0.2, 0.25) is 0 Å². The van der Waals surface area contributed by atoms with E-state index in [1.54, 1.807) is 0 Å². The largest absolute Gasteiger partial charge is 0.240 e. The lowest BCUT2D eigenvalue weighted by Crippen LogP contribution is -1.86. The Hall–Kier alpha value is -1.37. The number of aryl methyl sites for hydroxylation is 1. The van der Waals surface area contributed by atoms with Crippen LogP contribution in [-0.4, -0.2) is 4.98 Å². The Morgan fingerprint density at radius 3 is 2.82 bits per heavy atom. The normalized spacial score (nSPS) is 10.2. The van der Waals surface area contributed by atoms with Crippen molar-refractivity contribution in [3.8, 4) is 16.6 Å². The number of hydrogen-bond donors (Lipinski definition) is 0. The lowest BCUT2D eigenvalue weighted by Gasteiger charge is -1.98. The maximum Gasteiger partial charge on any atom is 0.128 e. The minimum atomic E-state index is 0.675. The van der Waals surface area contributed by atoms with Crippen LogP contribution in [-0.2, 0) is 6.42 Å². The minimum Gasteiger partial charge on any atom is -0.240 e. The zero-order chi connectivity index (χ0) is 12.3. The van der Waals surface area contributed by atoms with Gasteiger partial charge < -0.3 is 0 Å². The molecule has 2 aromatic rings. The van der Waals surface area contributed by atoms with Crippen LogP contribution < -0.4 is 0 Å². The molecule has 2 nitrogen and oxygen atoms in total. The first-order valence-corrected chi connectivity index (χ1v) is 6.60. The predicted octanol–water partition coefficient (Wildman–Crippen LogP) is 4.29. The molecule has 1 aromatic carbocycles. The van der Waals surface area contributed by atoms with Gasteiger partial charge in [0.1, 0.15) is 16.0 Å². The van der Waals surface area contributed by atoms with E-state index in [0.717, 1.165) is 29.1 Å². The average Bonchev–Trinajstić information content (AvgIpc) is 2.73. The highest BCUT2D eigenvalue weighted by Gasteiger charge is 2.13. The number of aromatic nitrogens is 1. The number of benzene rings is 1. The van der Waals surface area contributed by atoms with Crippen molar-refractivity contribution in [2.45, 2.75) is 19.8 Å². The van der Waals surface area contributed by atoms with Crippen molar-refractivity contribution in [1.82, 2.24) is 4.98 Å². The van der Waals surface area contributed by atoms with Gasteiger partial charge in [-0.15, -0.1) is 11.3 Å². The molecule has 86 valence electrons. The molecule has 0 radical (unpaired) electrons. The number of nitrogens with zero attached hydrogens (tertiary/aromatic N) is 2. The molecular weight excluding hydrogens is 252 g/mol. The number of halogens is 1. The van der Waals surface area contributed by atoms with Crippen molar-refractivity contribution in [3.05, 3.63) is 39.9 Å². The summed E-state index contributed by atoms with van der Waals surface area (Å²) in [6.45, 7) is 2.08. The molecule has 0 aliphatic carbocycles. The van der Waals surface area contributed by atoms with E-state index in [-0.39, 0.29) is 0 Å². The van der Waals surface area contributed by atoms with Crippen LogP contribution in [0, 0.1) is 11.3 Å². The Morgan fingerprint density at radius 2 is 2.18 bits per heavy atom. The zero-order valence-electron chi connectivity index (χ0n) is 9.40. The van der Waals surface area contributed by atoms with Crippen molar-refractivity contribution in [1.29, 1.82) is 5.26 Å². The molecule has 0 saturated heterocycles. The first-order chi connectivity index (χ1) is 8.26. The van der Waals surface area contributed by atoms with E-state index in [2.05, 4.69) is 18.0 Å². The van der Waals surface area contributed by atoms with Crippen molar-refractivity contribution in [2.75, 3.05) is 0 Å². The summed E-state index contributed by atoms with van der Waals surface area (Å²) in [5.74, 6) is 0. The SMILES string of the molecule is CCCc1nc(-c2ccccc2Cl)sc1C#N. The number of thiazole rings is 1. The van der Waals surface area contributed by atoms with Gasteiger partial charge in [0.25, 0.3) is 0 Å². The van der Waals surface area contributed by atoms with Gasteiger partial charge in [-0.25, -0.2) is 4.98 Å². The second-order valence-corrected chi connectivity index (χ2v) is 5.04. The van der Waals surface area contributed by atoms with Crippen molar-refractivity contribution in [3.63, 3.8) is 0 Å². The lowest BCUT2D eigenvalue weighted by atomic mass is 10.2. The summed E-state index contributed by atoms with van der Waals surface area (Å²) in [6.07, 6.45) is 1.82. The van der Waals surface area contributed by atoms with E-state index in [1.807, 2.05) is 24.3 Å². The molecule has 17 heavy (non-hydrogen) atoms. The van der Waals surface area contributed by atoms with Gasteiger partial charge in [-0.05, 0) is 12.5 Å². The molecule has 0 spiro atoms. The standard InChI is InChI=1S/C13H11ClN2S/c1-2-5-11-12(8-15)17-13(16-11)9-6-3-4-7-10(9)14/h3-4,6-7H,2,5H2,1H3. The Bertz CT molecular complexity index is 569. The first-order valence-electron chi connectivity index (χ1n) is 5.41. The predicted molar refractivity (Wildman–Crippen MR) is 71.3 cm³/mol. The van der Waals surface area contributed by atoms with Crippen molar-refractivity contribution >= 4 is 22.9 Å². The summed E-state index contributed by atoms with van der Waals surface area (Å²) in [5.41, 5.74) is 1.79. The van der Waals surface area contributed by atoms with Gasteiger partial charge in [-0.1, -0.05) is 43.1 Å². The van der Waals surface area contributed by atoms with E-state index in [4.69, 9.17) is 16.9 Å². The van der Waals surface area contributed by atoms with E-state index in [1.165, 1.54) is 11.3 Å². The highest BCUT2D eigenvalue weighted by atomic mass is 35.5. The second-order valence-electron chi connectivity index (χ2n) is 3.64. The summed E-state index contributed by atoms with van der Waals surface area (Å²) >= 11 is 7.53. The van der Waals surface area contributed by atoms with Crippen LogP contribution in [0.1, 0.15) is 23.9 Å². The monoisotopic (exact) mass is 262 g/mol. The van der Waals surface area contributed by atoms with Gasteiger partial charge >= 0.3 is 0 Å². The quantitative estimate of drug-likeness (QED) is 0.827. The van der Waals surface area contributed by atoms with Gasteiger partial charge in [-0.2, -0.15) is 5.26 Å². The molecule has 4 heteroatoms. The van der Waals surface area contributed by atoms with E-state index in [0.29, 0.717) is 9.90 Å². The van der Waals surface area contributed by atoms with Crippen LogP contribution >= 0.6 is 22.9 Å². The molecule has 0 saturated carbocycles. The summed E-state index contributed by atoms with van der Waals surface area (Å²) in [5, 5.41) is 10.6. The van der Waals surface area contributed by atoms with Crippen LogP contribution in [0.2, 0.25) is 5.02 Å². The topological polar surface area (TPSA) is 36.7 Å². The summed E-state index contributed by atoms with van der Waals surface area (Å²) < 4.78 is 0. The average molecular weight is 263 g/mol. The van der Waals surface area contributed by atoms with Crippen LogP contribution in [0.5, 0.6) is 0 Å². The summed E-state index contributed by atoms with van der Waals surface area (Å²) in [7, 11) is 0. The molecule has 0 bridgehead atoms. The third-order valence-corrected chi connectivity index (χ3v) is 3.76. The summed E-state index contributed by atoms with van der Waals surface area (Å²) in [6, 6.07) is 9.78. The van der Waals surface area contributed by atoms with Crippen LogP contribution in [0.25, 0.3) is 10.6 Å². The number of nitriles is 1. The van der Waals surface area contributed by atoms with E-state index < -0.39 is 0 Å². The first kappa shape index (κ1) is 12.1. The lowest BCUT2D eigenvalue weighted by molar-refractivity contribution is 0.890. The Kier molecular flexibility index (Phi) is 3.78. The van der Waals surface area contributed by atoms with E-state index >= 15 is 0 Å². The molecule has 0 fully saturated rings. The van der Waals surface area contributed by atoms with Gasteiger partial charge in [0, 0.05) is 5.56 Å². The molecule has 1 heterocycles. The Labute approximate surface area is 110 Å². The fraction of sp³-hybridized carbons (Fsp3) is 0.231. The molecule has 2 rings (SSSR count). The van der Waals surface area contributed by atoms with Crippen LogP contribution in [0.15, 0.2) is 24.3 Å². The molecular formula is C13H11ClN2S. The third kappa shape index (κ3) is 2.49. The van der Waals surface area contributed by atoms with Gasteiger partial charge in [-0.3, -0.25) is 0 Å². The van der Waals surface area contributed by atoms with Gasteiger partial charge in [0.05, 0.1) is 10.7 Å². The maximum absolute atomic E-state index is 9.06. The molecule has 0 amide bonds. The highest BCUT2D eigenvalue weighted by molar-refractivity contribution is 7.15. The van der Waals surface area contributed by atoms with Crippen molar-refractivity contribution in [2.24, 2.45) is 0 Å². The Morgan fingerprint density at radius 1 is 1.41 bits per heavy atom. The minimum absolute atomic E-state index is 0.675. The van der Waals surface area contributed by atoms with Crippen LogP contribution in [0.4, 0.5) is 0 Å². The highest BCUT2D eigenvalue weighted by Crippen LogP contribution is 2.32. The zero-order valence-corrected chi connectivity index (χ0v) is 11.0. The second kappa shape index (κ2) is 5.31. The fourth-order valence-electron chi connectivity index (χ4n) is 1.60. The molecule has 0 N–H and O–H groups in total. The fourth-order valence-corrected chi connectivity index (χ4v) is 2.82. The number of rotatable bonds is 3. The maximum atomic E-state index is 9.06. The Balaban J connectivity index is 2.48. The molecule has 1 aromatic heterocycles. The van der Waals surface area contributed by atoms with Crippen LogP contribution in [0.3, 0.4) is 0 Å². The third-order valence-electron chi connectivity index (χ3n) is 2.39. The smallest absolute Gasteiger partial charge is 0.128 e. The molecule has 0 aliphatic heterocycles. The molecule has 0 aliphatic rings. The van der Waals surface area contributed by atoms with Gasteiger partial charge in [0.15, 0.2) is 0 Å². The summed E-state index contributed by atoms with van der Waals surface area (Å²) in [4.78, 5) is 5.21. The number of hydrogen-bond acceptors (Lipinski definition) is 3. The van der Waals surface area contributed by atoms with E-state index in [9.17, 15) is 0 Å². The molecule has 0 atom stereocenters.